The summed E-state index contributed by atoms with van der Waals surface area (Å²) in [6, 6.07) is 2.08. The summed E-state index contributed by atoms with van der Waals surface area (Å²) >= 11 is 0. The van der Waals surface area contributed by atoms with E-state index < -0.39 is 10.0 Å². The van der Waals surface area contributed by atoms with Gasteiger partial charge < -0.3 is 9.47 Å². The van der Waals surface area contributed by atoms with Crippen molar-refractivity contribution in [2.45, 2.75) is 11.2 Å². The molecular formula is C15H21N7O2S. The first kappa shape index (κ1) is 16.4. The van der Waals surface area contributed by atoms with Crippen LogP contribution in [0.4, 0.5) is 5.95 Å². The fourth-order valence-electron chi connectivity index (χ4n) is 3.30. The minimum absolute atomic E-state index is 0.108. The highest BCUT2D eigenvalue weighted by Crippen LogP contribution is 2.24. The zero-order chi connectivity index (χ0) is 17.4. The second-order valence-electron chi connectivity index (χ2n) is 6.37. The van der Waals surface area contributed by atoms with Crippen molar-refractivity contribution in [1.82, 2.24) is 28.7 Å². The molecule has 4 rings (SSSR count). The van der Waals surface area contributed by atoms with E-state index in [4.69, 9.17) is 0 Å². The van der Waals surface area contributed by atoms with Gasteiger partial charge in [-0.05, 0) is 6.07 Å². The first-order valence-corrected chi connectivity index (χ1v) is 9.73. The van der Waals surface area contributed by atoms with Crippen LogP contribution in [0, 0.1) is 0 Å². The van der Waals surface area contributed by atoms with E-state index in [1.165, 1.54) is 10.5 Å². The molecule has 10 heteroatoms. The number of rotatable bonds is 4. The van der Waals surface area contributed by atoms with E-state index in [2.05, 4.69) is 24.8 Å². The molecule has 0 amide bonds. The maximum atomic E-state index is 12.6. The van der Waals surface area contributed by atoms with Crippen LogP contribution in [0.2, 0.25) is 0 Å². The fourth-order valence-corrected chi connectivity index (χ4v) is 4.89. The summed E-state index contributed by atoms with van der Waals surface area (Å²) in [5, 5.41) is 0.108. The maximum Gasteiger partial charge on any atom is 0.277 e. The third kappa shape index (κ3) is 3.00. The number of imidazole rings is 1. The van der Waals surface area contributed by atoms with Gasteiger partial charge in [-0.25, -0.2) is 23.4 Å². The highest BCUT2D eigenvalue weighted by atomic mass is 32.2. The molecule has 4 heterocycles. The molecule has 2 aliphatic rings. The molecule has 0 N–H and O–H groups in total. The average Bonchev–Trinajstić information content (AvgIpc) is 3.02. The summed E-state index contributed by atoms with van der Waals surface area (Å²) in [6.07, 6.45) is 6.66. The van der Waals surface area contributed by atoms with Gasteiger partial charge in [0.1, 0.15) is 0 Å². The molecule has 0 atom stereocenters. The van der Waals surface area contributed by atoms with Crippen molar-refractivity contribution >= 4 is 16.0 Å². The fraction of sp³-hybridized carbons (Fsp3) is 0.533. The smallest absolute Gasteiger partial charge is 0.277 e. The zero-order valence-corrected chi connectivity index (χ0v) is 14.9. The van der Waals surface area contributed by atoms with Crippen LogP contribution in [0.1, 0.15) is 0 Å². The Morgan fingerprint density at radius 3 is 2.28 bits per heavy atom. The molecule has 0 saturated carbocycles. The number of anilines is 1. The number of aryl methyl sites for hydroxylation is 1. The van der Waals surface area contributed by atoms with E-state index in [-0.39, 0.29) is 11.2 Å². The van der Waals surface area contributed by atoms with Crippen LogP contribution in [0.15, 0.2) is 36.0 Å². The predicted molar refractivity (Wildman–Crippen MR) is 91.6 cm³/mol. The summed E-state index contributed by atoms with van der Waals surface area (Å²) in [6.45, 7) is 4.53. The minimum atomic E-state index is -3.49. The summed E-state index contributed by atoms with van der Waals surface area (Å²) < 4.78 is 28.2. The molecule has 0 spiro atoms. The summed E-state index contributed by atoms with van der Waals surface area (Å²) in [7, 11) is -1.79. The Bertz CT molecular complexity index is 825. The second-order valence-corrected chi connectivity index (χ2v) is 8.20. The lowest BCUT2D eigenvalue weighted by atomic mass is 10.1. The Labute approximate surface area is 147 Å². The highest BCUT2D eigenvalue weighted by molar-refractivity contribution is 7.89. The van der Waals surface area contributed by atoms with E-state index in [0.717, 1.165) is 32.1 Å². The van der Waals surface area contributed by atoms with Crippen molar-refractivity contribution in [3.05, 3.63) is 30.9 Å². The van der Waals surface area contributed by atoms with Gasteiger partial charge in [0, 0.05) is 77.1 Å². The predicted octanol–water partition coefficient (Wildman–Crippen LogP) is -0.595. The summed E-state index contributed by atoms with van der Waals surface area (Å²) in [5.41, 5.74) is 0. The zero-order valence-electron chi connectivity index (χ0n) is 14.1. The molecule has 0 bridgehead atoms. The van der Waals surface area contributed by atoms with Gasteiger partial charge in [-0.15, -0.1) is 0 Å². The monoisotopic (exact) mass is 363 g/mol. The molecule has 0 aliphatic carbocycles. The lowest BCUT2D eigenvalue weighted by molar-refractivity contribution is 0.0821. The SMILES string of the molecule is Cn1ccnc1S(=O)(=O)N1CC(N2CCN(c3ncccn3)CC2)C1. The standard InChI is InChI=1S/C15H21N7O2S/c1-19-6-5-18-15(19)25(23,24)22-11-13(12-22)20-7-9-21(10-8-20)14-16-3-2-4-17-14/h2-6,13H,7-12H2,1H3. The number of aromatic nitrogens is 4. The number of nitrogens with zero attached hydrogens (tertiary/aromatic N) is 7. The van der Waals surface area contributed by atoms with Gasteiger partial charge in [-0.3, -0.25) is 4.90 Å². The van der Waals surface area contributed by atoms with Gasteiger partial charge in [-0.1, -0.05) is 0 Å². The van der Waals surface area contributed by atoms with Gasteiger partial charge in [0.15, 0.2) is 0 Å². The topological polar surface area (TPSA) is 87.5 Å². The lowest BCUT2D eigenvalue weighted by Crippen LogP contribution is -2.64. The van der Waals surface area contributed by atoms with Crippen molar-refractivity contribution in [2.24, 2.45) is 7.05 Å². The number of sulfonamides is 1. The average molecular weight is 363 g/mol. The number of hydrogen-bond donors (Lipinski definition) is 0. The largest absolute Gasteiger partial charge is 0.338 e. The lowest BCUT2D eigenvalue weighted by Gasteiger charge is -2.47. The summed E-state index contributed by atoms with van der Waals surface area (Å²) in [4.78, 5) is 17.1. The van der Waals surface area contributed by atoms with Crippen LogP contribution in [0.3, 0.4) is 0 Å². The Hall–Kier alpha value is -2.04. The normalized spacial score (nSPS) is 20.6. The highest BCUT2D eigenvalue weighted by Gasteiger charge is 2.41. The van der Waals surface area contributed by atoms with E-state index in [1.54, 1.807) is 30.2 Å². The number of piperazine rings is 1. The maximum absolute atomic E-state index is 12.6. The molecule has 9 nitrogen and oxygen atoms in total. The third-order valence-corrected chi connectivity index (χ3v) is 6.67. The Morgan fingerprint density at radius 1 is 1.00 bits per heavy atom. The van der Waals surface area contributed by atoms with Crippen molar-refractivity contribution in [2.75, 3.05) is 44.2 Å². The molecule has 2 aromatic rings. The minimum Gasteiger partial charge on any atom is -0.338 e. The van der Waals surface area contributed by atoms with E-state index in [0.29, 0.717) is 13.1 Å². The molecule has 0 unspecified atom stereocenters. The van der Waals surface area contributed by atoms with Crippen molar-refractivity contribution in [1.29, 1.82) is 0 Å². The van der Waals surface area contributed by atoms with Crippen LogP contribution in [-0.4, -0.2) is 82.5 Å². The summed E-state index contributed by atoms with van der Waals surface area (Å²) in [5.74, 6) is 0.759. The van der Waals surface area contributed by atoms with Gasteiger partial charge in [0.25, 0.3) is 10.0 Å². The second kappa shape index (κ2) is 6.36. The van der Waals surface area contributed by atoms with Crippen LogP contribution in [-0.2, 0) is 17.1 Å². The first-order valence-electron chi connectivity index (χ1n) is 8.29. The Morgan fingerprint density at radius 2 is 1.68 bits per heavy atom. The third-order valence-electron chi connectivity index (χ3n) is 4.84. The first-order chi connectivity index (χ1) is 12.1. The molecule has 134 valence electrons. The van der Waals surface area contributed by atoms with E-state index in [1.807, 2.05) is 6.07 Å². The van der Waals surface area contributed by atoms with E-state index in [9.17, 15) is 8.42 Å². The van der Waals surface area contributed by atoms with Crippen LogP contribution >= 0.6 is 0 Å². The van der Waals surface area contributed by atoms with Gasteiger partial charge >= 0.3 is 0 Å². The molecule has 0 radical (unpaired) electrons. The molecule has 2 aliphatic heterocycles. The van der Waals surface area contributed by atoms with Crippen LogP contribution < -0.4 is 4.90 Å². The van der Waals surface area contributed by atoms with Crippen molar-refractivity contribution in [3.8, 4) is 0 Å². The van der Waals surface area contributed by atoms with Crippen LogP contribution in [0.5, 0.6) is 0 Å². The number of hydrogen-bond acceptors (Lipinski definition) is 7. The molecule has 0 aromatic carbocycles. The quantitative estimate of drug-likeness (QED) is 0.717. The Balaban J connectivity index is 1.33. The Kier molecular flexibility index (Phi) is 4.18. The van der Waals surface area contributed by atoms with E-state index >= 15 is 0 Å². The van der Waals surface area contributed by atoms with Gasteiger partial charge in [0.2, 0.25) is 11.1 Å². The molecule has 2 fully saturated rings. The van der Waals surface area contributed by atoms with Crippen LogP contribution in [0.25, 0.3) is 0 Å². The van der Waals surface area contributed by atoms with Crippen molar-refractivity contribution in [3.63, 3.8) is 0 Å². The van der Waals surface area contributed by atoms with Crippen molar-refractivity contribution < 1.29 is 8.42 Å². The molecular weight excluding hydrogens is 342 g/mol. The molecule has 2 saturated heterocycles. The molecule has 25 heavy (non-hydrogen) atoms. The van der Waals surface area contributed by atoms with Gasteiger partial charge in [-0.2, -0.15) is 4.31 Å². The van der Waals surface area contributed by atoms with Gasteiger partial charge in [0.05, 0.1) is 0 Å². The molecule has 2 aromatic heterocycles.